The van der Waals surface area contributed by atoms with Crippen LogP contribution in [0.4, 0.5) is 4.79 Å². The van der Waals surface area contributed by atoms with E-state index in [0.29, 0.717) is 15.4 Å². The molecule has 2 aromatic heterocycles. The molecule has 0 bridgehead atoms. The largest absolute Gasteiger partial charge is 0.333 e. The number of nitrogens with zero attached hydrogens (tertiary/aromatic N) is 2. The monoisotopic (exact) mass is 470 g/mol. The molecule has 3 amide bonds. The second-order valence-electron chi connectivity index (χ2n) is 8.25. The van der Waals surface area contributed by atoms with Gasteiger partial charge in [-0.05, 0) is 39.3 Å². The number of urea groups is 1. The first-order valence-corrected chi connectivity index (χ1v) is 11.8. The van der Waals surface area contributed by atoms with Crippen molar-refractivity contribution in [2.75, 3.05) is 0 Å². The topological polar surface area (TPSA) is 93.1 Å². The number of fused-ring (bicyclic) bond motifs is 1. The van der Waals surface area contributed by atoms with Crippen molar-refractivity contribution in [1.82, 2.24) is 20.2 Å². The Bertz CT molecular complexity index is 1210. The predicted octanol–water partition coefficient (Wildman–Crippen LogP) is 4.42. The van der Waals surface area contributed by atoms with Crippen molar-refractivity contribution in [3.05, 3.63) is 59.4 Å². The molecule has 0 radical (unpaired) electrons. The standard InChI is InChI=1S/C23H26N4O3S2/c1-6-12-27-20(29)16-13-17(15-10-8-7-9-11-15)32-19(16)25-22(27)31-14(2)18(28)24-21(30)26-23(3,4)5/h6-11,13-14H,1,12H2,2-5H3,(H2,24,26,28,30). The van der Waals surface area contributed by atoms with Crippen molar-refractivity contribution >= 4 is 45.3 Å². The van der Waals surface area contributed by atoms with Gasteiger partial charge in [0.15, 0.2) is 5.16 Å². The fourth-order valence-electron chi connectivity index (χ4n) is 2.92. The van der Waals surface area contributed by atoms with Crippen molar-refractivity contribution in [2.45, 2.75) is 50.2 Å². The van der Waals surface area contributed by atoms with Crippen LogP contribution in [-0.4, -0.2) is 32.3 Å². The number of benzene rings is 1. The number of thioether (sulfide) groups is 1. The van der Waals surface area contributed by atoms with E-state index in [1.54, 1.807) is 13.0 Å². The van der Waals surface area contributed by atoms with Crippen LogP contribution in [0.25, 0.3) is 20.7 Å². The number of imide groups is 1. The van der Waals surface area contributed by atoms with E-state index in [0.717, 1.165) is 22.2 Å². The molecule has 1 atom stereocenters. The molecule has 3 rings (SSSR count). The summed E-state index contributed by atoms with van der Waals surface area (Å²) in [5.41, 5.74) is 0.360. The Morgan fingerprint density at radius 2 is 1.97 bits per heavy atom. The molecule has 7 nitrogen and oxygen atoms in total. The van der Waals surface area contributed by atoms with Crippen LogP contribution in [0.1, 0.15) is 27.7 Å². The molecule has 1 aromatic carbocycles. The smallest absolute Gasteiger partial charge is 0.321 e. The molecule has 1 unspecified atom stereocenters. The molecule has 0 fully saturated rings. The van der Waals surface area contributed by atoms with Gasteiger partial charge in [0.25, 0.3) is 5.56 Å². The summed E-state index contributed by atoms with van der Waals surface area (Å²) in [6, 6.07) is 11.1. The molecular weight excluding hydrogens is 444 g/mol. The summed E-state index contributed by atoms with van der Waals surface area (Å²) in [6.07, 6.45) is 1.62. The van der Waals surface area contributed by atoms with Crippen LogP contribution < -0.4 is 16.2 Å². The highest BCUT2D eigenvalue weighted by atomic mass is 32.2. The summed E-state index contributed by atoms with van der Waals surface area (Å²) in [5.74, 6) is -0.465. The molecule has 0 saturated heterocycles. The molecule has 9 heteroatoms. The first kappa shape index (κ1) is 23.7. The van der Waals surface area contributed by atoms with Crippen molar-refractivity contribution in [3.8, 4) is 10.4 Å². The van der Waals surface area contributed by atoms with Crippen LogP contribution in [0.2, 0.25) is 0 Å². The van der Waals surface area contributed by atoms with Gasteiger partial charge < -0.3 is 5.32 Å². The number of hydrogen-bond donors (Lipinski definition) is 2. The van der Waals surface area contributed by atoms with E-state index in [2.05, 4.69) is 22.2 Å². The van der Waals surface area contributed by atoms with Gasteiger partial charge >= 0.3 is 6.03 Å². The van der Waals surface area contributed by atoms with Gasteiger partial charge in [0.1, 0.15) is 4.83 Å². The van der Waals surface area contributed by atoms with Crippen molar-refractivity contribution in [3.63, 3.8) is 0 Å². The highest BCUT2D eigenvalue weighted by molar-refractivity contribution is 8.00. The van der Waals surface area contributed by atoms with Crippen molar-refractivity contribution in [2.24, 2.45) is 0 Å². The Balaban J connectivity index is 1.90. The average Bonchev–Trinajstić information content (AvgIpc) is 3.14. The molecule has 3 aromatic rings. The lowest BCUT2D eigenvalue weighted by Crippen LogP contribution is -2.49. The maximum Gasteiger partial charge on any atom is 0.321 e. The minimum atomic E-state index is -0.644. The summed E-state index contributed by atoms with van der Waals surface area (Å²) < 4.78 is 1.50. The zero-order valence-electron chi connectivity index (χ0n) is 18.5. The molecule has 168 valence electrons. The fraction of sp³-hybridized carbons (Fsp3) is 0.304. The maximum atomic E-state index is 13.2. The van der Waals surface area contributed by atoms with Gasteiger partial charge in [0, 0.05) is 17.0 Å². The van der Waals surface area contributed by atoms with Crippen LogP contribution in [0, 0.1) is 0 Å². The van der Waals surface area contributed by atoms with Crippen LogP contribution in [0.5, 0.6) is 0 Å². The third-order valence-electron chi connectivity index (χ3n) is 4.36. The van der Waals surface area contributed by atoms with E-state index in [4.69, 9.17) is 0 Å². The number of allylic oxidation sites excluding steroid dienone is 1. The lowest BCUT2D eigenvalue weighted by Gasteiger charge is -2.21. The number of amides is 3. The molecule has 2 N–H and O–H groups in total. The molecule has 2 heterocycles. The minimum Gasteiger partial charge on any atom is -0.333 e. The Morgan fingerprint density at radius 3 is 2.59 bits per heavy atom. The molecule has 0 aliphatic carbocycles. The Hall–Kier alpha value is -2.91. The Morgan fingerprint density at radius 1 is 1.28 bits per heavy atom. The van der Waals surface area contributed by atoms with E-state index < -0.39 is 22.7 Å². The lowest BCUT2D eigenvalue weighted by atomic mass is 10.1. The molecule has 0 spiro atoms. The molecule has 0 aliphatic heterocycles. The summed E-state index contributed by atoms with van der Waals surface area (Å²) in [5, 5.41) is 5.32. The predicted molar refractivity (Wildman–Crippen MR) is 131 cm³/mol. The molecule has 32 heavy (non-hydrogen) atoms. The van der Waals surface area contributed by atoms with Gasteiger partial charge in [0.2, 0.25) is 5.91 Å². The van der Waals surface area contributed by atoms with Crippen LogP contribution in [-0.2, 0) is 11.3 Å². The summed E-state index contributed by atoms with van der Waals surface area (Å²) in [6.45, 7) is 11.1. The third-order valence-corrected chi connectivity index (χ3v) is 6.53. The highest BCUT2D eigenvalue weighted by Gasteiger charge is 2.23. The number of thiophene rings is 1. The zero-order chi connectivity index (χ0) is 23.5. The number of rotatable bonds is 6. The summed E-state index contributed by atoms with van der Waals surface area (Å²) >= 11 is 2.56. The van der Waals surface area contributed by atoms with Gasteiger partial charge in [-0.15, -0.1) is 17.9 Å². The second kappa shape index (κ2) is 9.70. The maximum absolute atomic E-state index is 13.2. The number of aromatic nitrogens is 2. The van der Waals surface area contributed by atoms with Gasteiger partial charge in [-0.25, -0.2) is 9.78 Å². The number of hydrogen-bond acceptors (Lipinski definition) is 6. The first-order valence-electron chi connectivity index (χ1n) is 10.1. The van der Waals surface area contributed by atoms with E-state index in [-0.39, 0.29) is 12.1 Å². The quantitative estimate of drug-likeness (QED) is 0.316. The van der Waals surface area contributed by atoms with Crippen LogP contribution in [0.3, 0.4) is 0 Å². The fourth-order valence-corrected chi connectivity index (χ4v) is 4.91. The summed E-state index contributed by atoms with van der Waals surface area (Å²) in [4.78, 5) is 44.0. The Kier molecular flexibility index (Phi) is 7.20. The van der Waals surface area contributed by atoms with Gasteiger partial charge in [-0.1, -0.05) is 48.2 Å². The molecule has 0 aliphatic rings. The average molecular weight is 471 g/mol. The van der Waals surface area contributed by atoms with E-state index in [1.165, 1.54) is 15.9 Å². The van der Waals surface area contributed by atoms with E-state index in [1.807, 2.05) is 57.2 Å². The first-order chi connectivity index (χ1) is 15.1. The zero-order valence-corrected chi connectivity index (χ0v) is 20.1. The Labute approximate surface area is 194 Å². The number of carbonyl (C=O) groups excluding carboxylic acids is 2. The molecular formula is C23H26N4O3S2. The van der Waals surface area contributed by atoms with Crippen molar-refractivity contribution < 1.29 is 9.59 Å². The highest BCUT2D eigenvalue weighted by Crippen LogP contribution is 2.32. The normalized spacial score (nSPS) is 12.4. The minimum absolute atomic E-state index is 0.186. The van der Waals surface area contributed by atoms with Gasteiger partial charge in [0.05, 0.1) is 10.6 Å². The van der Waals surface area contributed by atoms with E-state index in [9.17, 15) is 14.4 Å². The van der Waals surface area contributed by atoms with Gasteiger partial charge in [-0.2, -0.15) is 0 Å². The van der Waals surface area contributed by atoms with Gasteiger partial charge in [-0.3, -0.25) is 19.5 Å². The van der Waals surface area contributed by atoms with Crippen LogP contribution in [0.15, 0.2) is 59.0 Å². The van der Waals surface area contributed by atoms with Crippen LogP contribution >= 0.6 is 23.1 Å². The lowest BCUT2D eigenvalue weighted by molar-refractivity contribution is -0.119. The van der Waals surface area contributed by atoms with Crippen molar-refractivity contribution in [1.29, 1.82) is 0 Å². The third kappa shape index (κ3) is 5.66. The SMILES string of the molecule is C=CCn1c(SC(C)C(=O)NC(=O)NC(C)(C)C)nc2sc(-c3ccccc3)cc2c1=O. The summed E-state index contributed by atoms with van der Waals surface area (Å²) in [7, 11) is 0. The number of nitrogens with one attached hydrogen (secondary N) is 2. The second-order valence-corrected chi connectivity index (χ2v) is 10.6. The number of carbonyl (C=O) groups is 2. The molecule has 0 saturated carbocycles. The van der Waals surface area contributed by atoms with E-state index >= 15 is 0 Å².